The van der Waals surface area contributed by atoms with E-state index in [-0.39, 0.29) is 0 Å². The molecular weight excluding hydrogens is 317 g/mol. The van der Waals surface area contributed by atoms with Gasteiger partial charge < -0.3 is 0 Å². The largest absolute Gasteiger partial charge is 0.218 e. The van der Waals surface area contributed by atoms with Crippen LogP contribution >= 0.6 is 45.5 Å². The Bertz CT molecular complexity index is 262. The third-order valence-corrected chi connectivity index (χ3v) is 4.11. The first-order chi connectivity index (χ1) is 6.24. The Hall–Kier alpha value is 0.650. The molecule has 1 heterocycles. The second kappa shape index (κ2) is 6.19. The average Bonchev–Trinajstić information content (AvgIpc) is 2.39. The van der Waals surface area contributed by atoms with E-state index in [9.17, 15) is 0 Å². The number of hydrogen-bond acceptors (Lipinski definition) is 2. The summed E-state index contributed by atoms with van der Waals surface area (Å²) < 4.78 is 1.05. The molecule has 74 valence electrons. The third-order valence-electron chi connectivity index (χ3n) is 1.88. The van der Waals surface area contributed by atoms with Gasteiger partial charge in [0.25, 0.3) is 0 Å². The maximum absolute atomic E-state index is 5.95. The summed E-state index contributed by atoms with van der Waals surface area (Å²) in [6.45, 7) is 2.22. The summed E-state index contributed by atoms with van der Waals surface area (Å²) in [5.41, 5.74) is 0. The predicted molar refractivity (Wildman–Crippen MR) is 67.7 cm³/mol. The van der Waals surface area contributed by atoms with E-state index in [1.54, 1.807) is 11.3 Å². The maximum atomic E-state index is 5.95. The highest BCUT2D eigenvalue weighted by molar-refractivity contribution is 14.1. The lowest BCUT2D eigenvalue weighted by molar-refractivity contribution is 0.670. The van der Waals surface area contributed by atoms with Crippen molar-refractivity contribution in [2.24, 2.45) is 0 Å². The molecule has 0 N–H and O–H groups in total. The second-order valence-corrected chi connectivity index (χ2v) is 6.19. The van der Waals surface area contributed by atoms with E-state index in [0.717, 1.165) is 9.44 Å². The van der Waals surface area contributed by atoms with Crippen LogP contribution in [0.25, 0.3) is 0 Å². The van der Waals surface area contributed by atoms with E-state index in [4.69, 9.17) is 11.6 Å². The summed E-state index contributed by atoms with van der Waals surface area (Å²) in [4.78, 5) is 5.43. The van der Waals surface area contributed by atoms with Crippen molar-refractivity contribution < 1.29 is 0 Å². The van der Waals surface area contributed by atoms with Gasteiger partial charge in [-0.25, -0.2) is 4.98 Å². The lowest BCUT2D eigenvalue weighted by Crippen LogP contribution is -1.82. The summed E-state index contributed by atoms with van der Waals surface area (Å²) in [6.07, 6.45) is 6.26. The van der Waals surface area contributed by atoms with E-state index in [1.807, 2.05) is 0 Å². The maximum Gasteiger partial charge on any atom is 0.155 e. The van der Waals surface area contributed by atoms with Gasteiger partial charge in [-0.15, -0.1) is 11.3 Å². The minimum atomic E-state index is 0.714. The molecule has 1 nitrogen and oxygen atoms in total. The summed E-state index contributed by atoms with van der Waals surface area (Å²) in [5, 5.41) is 0.714. The van der Waals surface area contributed by atoms with Crippen LogP contribution in [0, 0.1) is 3.01 Å². The van der Waals surface area contributed by atoms with Crippen molar-refractivity contribution in [1.29, 1.82) is 0 Å². The van der Waals surface area contributed by atoms with Gasteiger partial charge >= 0.3 is 0 Å². The molecule has 0 atom stereocenters. The fourth-order valence-corrected chi connectivity index (χ4v) is 3.42. The Labute approximate surface area is 102 Å². The number of aryl methyl sites for hydroxylation is 1. The number of nitrogens with zero attached hydrogens (tertiary/aromatic N) is 1. The first-order valence-corrected chi connectivity index (χ1v) is 6.82. The average molecular weight is 330 g/mol. The molecule has 1 aromatic heterocycles. The summed E-state index contributed by atoms with van der Waals surface area (Å²) in [7, 11) is 0. The van der Waals surface area contributed by atoms with Crippen LogP contribution in [0.5, 0.6) is 0 Å². The highest BCUT2D eigenvalue weighted by Crippen LogP contribution is 2.25. The van der Waals surface area contributed by atoms with Crippen LogP contribution in [0.3, 0.4) is 0 Å². The molecule has 0 aromatic carbocycles. The van der Waals surface area contributed by atoms with Gasteiger partial charge in [0.1, 0.15) is 5.15 Å². The van der Waals surface area contributed by atoms with Crippen molar-refractivity contribution >= 4 is 45.5 Å². The van der Waals surface area contributed by atoms with Crippen LogP contribution in [0.4, 0.5) is 0 Å². The highest BCUT2D eigenvalue weighted by Gasteiger charge is 2.06. The van der Waals surface area contributed by atoms with Crippen molar-refractivity contribution in [1.82, 2.24) is 4.98 Å². The van der Waals surface area contributed by atoms with Gasteiger partial charge in [0, 0.05) is 4.88 Å². The Kier molecular flexibility index (Phi) is 5.58. The lowest BCUT2D eigenvalue weighted by Gasteiger charge is -1.96. The number of unbranched alkanes of at least 4 members (excludes halogenated alkanes) is 3. The number of halogens is 2. The van der Waals surface area contributed by atoms with Crippen molar-refractivity contribution in [3.8, 4) is 0 Å². The minimum Gasteiger partial charge on any atom is -0.218 e. The predicted octanol–water partition coefficient (Wildman–Crippen LogP) is 4.52. The Morgan fingerprint density at radius 2 is 2.15 bits per heavy atom. The quantitative estimate of drug-likeness (QED) is 0.571. The molecule has 0 aliphatic carbocycles. The Morgan fingerprint density at radius 1 is 1.38 bits per heavy atom. The van der Waals surface area contributed by atoms with E-state index in [1.165, 1.54) is 30.6 Å². The molecule has 1 aromatic rings. The van der Waals surface area contributed by atoms with E-state index < -0.39 is 0 Å². The normalized spacial score (nSPS) is 10.7. The first kappa shape index (κ1) is 11.7. The summed E-state index contributed by atoms with van der Waals surface area (Å²) in [6, 6.07) is 0. The van der Waals surface area contributed by atoms with Crippen LogP contribution in [0.15, 0.2) is 0 Å². The lowest BCUT2D eigenvalue weighted by atomic mass is 10.1. The molecular formula is C9H13ClINS. The smallest absolute Gasteiger partial charge is 0.155 e. The second-order valence-electron chi connectivity index (χ2n) is 2.99. The zero-order valence-corrected chi connectivity index (χ0v) is 11.4. The fraction of sp³-hybridized carbons (Fsp3) is 0.667. The molecule has 0 saturated heterocycles. The SMILES string of the molecule is CCCCCCc1sc(I)nc1Cl. The minimum absolute atomic E-state index is 0.714. The zero-order chi connectivity index (χ0) is 9.68. The van der Waals surface area contributed by atoms with Crippen molar-refractivity contribution in [3.05, 3.63) is 13.0 Å². The molecule has 13 heavy (non-hydrogen) atoms. The van der Waals surface area contributed by atoms with E-state index >= 15 is 0 Å². The molecule has 0 aliphatic rings. The standard InChI is InChI=1S/C9H13ClINS/c1-2-3-4-5-6-7-8(10)12-9(11)13-7/h2-6H2,1H3. The molecule has 0 amide bonds. The topological polar surface area (TPSA) is 12.9 Å². The van der Waals surface area contributed by atoms with Crippen LogP contribution in [0.2, 0.25) is 5.15 Å². The fourth-order valence-electron chi connectivity index (χ4n) is 1.17. The number of thiazole rings is 1. The van der Waals surface area contributed by atoms with Gasteiger partial charge in [0.15, 0.2) is 3.01 Å². The molecule has 0 bridgehead atoms. The molecule has 0 saturated carbocycles. The first-order valence-electron chi connectivity index (χ1n) is 4.54. The monoisotopic (exact) mass is 329 g/mol. The molecule has 0 radical (unpaired) electrons. The number of hydrogen-bond donors (Lipinski definition) is 0. The van der Waals surface area contributed by atoms with E-state index in [0.29, 0.717) is 5.15 Å². The van der Waals surface area contributed by atoms with Crippen molar-refractivity contribution in [3.63, 3.8) is 0 Å². The van der Waals surface area contributed by atoms with Crippen LogP contribution in [0.1, 0.15) is 37.5 Å². The van der Waals surface area contributed by atoms with Gasteiger partial charge in [-0.2, -0.15) is 0 Å². The molecule has 4 heteroatoms. The zero-order valence-electron chi connectivity index (χ0n) is 7.65. The molecule has 0 fully saturated rings. The van der Waals surface area contributed by atoms with Crippen LogP contribution < -0.4 is 0 Å². The molecule has 0 aliphatic heterocycles. The third kappa shape index (κ3) is 4.13. The molecule has 0 unspecified atom stereocenters. The van der Waals surface area contributed by atoms with Crippen molar-refractivity contribution in [2.45, 2.75) is 39.0 Å². The Balaban J connectivity index is 2.32. The molecule has 1 rings (SSSR count). The number of aromatic nitrogens is 1. The summed E-state index contributed by atoms with van der Waals surface area (Å²) >= 11 is 9.89. The van der Waals surface area contributed by atoms with Gasteiger partial charge in [-0.1, -0.05) is 37.8 Å². The van der Waals surface area contributed by atoms with Crippen LogP contribution in [-0.2, 0) is 6.42 Å². The highest BCUT2D eigenvalue weighted by atomic mass is 127. The number of rotatable bonds is 5. The molecule has 0 spiro atoms. The van der Waals surface area contributed by atoms with Crippen LogP contribution in [-0.4, -0.2) is 4.98 Å². The van der Waals surface area contributed by atoms with Gasteiger partial charge in [0.05, 0.1) is 0 Å². The van der Waals surface area contributed by atoms with Crippen molar-refractivity contribution in [2.75, 3.05) is 0 Å². The summed E-state index contributed by atoms with van der Waals surface area (Å²) in [5.74, 6) is 0. The van der Waals surface area contributed by atoms with Gasteiger partial charge in [-0.3, -0.25) is 0 Å². The van der Waals surface area contributed by atoms with Gasteiger partial charge in [0.2, 0.25) is 0 Å². The van der Waals surface area contributed by atoms with E-state index in [2.05, 4.69) is 34.5 Å². The van der Waals surface area contributed by atoms with Gasteiger partial charge in [-0.05, 0) is 35.4 Å². The Morgan fingerprint density at radius 3 is 2.69 bits per heavy atom.